The van der Waals surface area contributed by atoms with Gasteiger partial charge in [-0.25, -0.2) is 13.2 Å². The third-order valence-corrected chi connectivity index (χ3v) is 6.28. The Kier molecular flexibility index (Phi) is 4.38. The molecule has 1 saturated carbocycles. The number of nitrogens with zero attached hydrogens (tertiary/aromatic N) is 1. The number of hydrogen-bond donors (Lipinski definition) is 0. The fourth-order valence-electron chi connectivity index (χ4n) is 4.65. The second-order valence-electron chi connectivity index (χ2n) is 8.43. The van der Waals surface area contributed by atoms with Crippen molar-refractivity contribution in [2.45, 2.75) is 51.4 Å². The maximum Gasteiger partial charge on any atom is 0.248 e. The highest BCUT2D eigenvalue weighted by Crippen LogP contribution is 2.42. The topological polar surface area (TPSA) is 26.0 Å². The molecule has 2 aromatic heterocycles. The molecule has 2 heterocycles. The molecular formula is C25H22F3NO. The first-order valence-corrected chi connectivity index (χ1v) is 10.3. The summed E-state index contributed by atoms with van der Waals surface area (Å²) in [4.78, 5) is 4.59. The molecule has 0 saturated heterocycles. The molecule has 1 fully saturated rings. The number of alkyl halides is 2. The zero-order valence-corrected chi connectivity index (χ0v) is 16.9. The number of aryl methyl sites for hydroxylation is 2. The van der Waals surface area contributed by atoms with Gasteiger partial charge < -0.3 is 4.42 Å². The Hall–Kier alpha value is -2.82. The monoisotopic (exact) mass is 409 g/mol. The van der Waals surface area contributed by atoms with E-state index in [9.17, 15) is 13.2 Å². The zero-order chi connectivity index (χ0) is 21.0. The van der Waals surface area contributed by atoms with Crippen molar-refractivity contribution >= 4 is 21.7 Å². The van der Waals surface area contributed by atoms with E-state index in [1.807, 2.05) is 18.2 Å². The Morgan fingerprint density at radius 2 is 1.77 bits per heavy atom. The quantitative estimate of drug-likeness (QED) is 0.339. The second kappa shape index (κ2) is 6.86. The first-order valence-electron chi connectivity index (χ1n) is 10.3. The van der Waals surface area contributed by atoms with Gasteiger partial charge in [0.2, 0.25) is 5.92 Å². The molecule has 154 valence electrons. The molecule has 0 atom stereocenters. The average Bonchev–Trinajstić information content (AvgIpc) is 3.12. The molecule has 0 N–H and O–H groups in total. The van der Waals surface area contributed by atoms with Crippen molar-refractivity contribution < 1.29 is 17.6 Å². The number of aromatic nitrogens is 1. The normalized spacial score (nSPS) is 17.1. The summed E-state index contributed by atoms with van der Waals surface area (Å²) < 4.78 is 47.5. The fraction of sp³-hybridized carbons (Fsp3) is 0.320. The standard InChI is InChI=1S/C25H22F3NO/c1-14-11-21(24-20(22(14)26)12-15(2)30-24)23-19-4-3-17(13-18(19)7-10-29-23)16-5-8-25(27,28)9-6-16/h3-4,7,10-13,16H,5-6,8-9H2,1-2H3. The van der Waals surface area contributed by atoms with Crippen molar-refractivity contribution in [3.05, 3.63) is 65.3 Å². The number of halogens is 3. The Bertz CT molecular complexity index is 1260. The molecule has 0 unspecified atom stereocenters. The van der Waals surface area contributed by atoms with Crippen LogP contribution in [0.1, 0.15) is 48.5 Å². The lowest BCUT2D eigenvalue weighted by atomic mass is 9.81. The van der Waals surface area contributed by atoms with E-state index in [1.165, 1.54) is 0 Å². The molecule has 0 amide bonds. The molecular weight excluding hydrogens is 387 g/mol. The highest BCUT2D eigenvalue weighted by molar-refractivity contribution is 6.02. The van der Waals surface area contributed by atoms with Gasteiger partial charge in [0.15, 0.2) is 0 Å². The Balaban J connectivity index is 1.62. The van der Waals surface area contributed by atoms with Gasteiger partial charge in [0.05, 0.1) is 11.1 Å². The average molecular weight is 409 g/mol. The number of benzene rings is 2. The van der Waals surface area contributed by atoms with Crippen LogP contribution in [0.3, 0.4) is 0 Å². The first kappa shape index (κ1) is 19.2. The highest BCUT2D eigenvalue weighted by atomic mass is 19.3. The molecule has 0 aliphatic heterocycles. The smallest absolute Gasteiger partial charge is 0.248 e. The van der Waals surface area contributed by atoms with Crippen molar-refractivity contribution in [3.63, 3.8) is 0 Å². The summed E-state index contributed by atoms with van der Waals surface area (Å²) in [5.41, 5.74) is 3.61. The van der Waals surface area contributed by atoms with E-state index in [4.69, 9.17) is 4.42 Å². The summed E-state index contributed by atoms with van der Waals surface area (Å²) in [7, 11) is 0. The summed E-state index contributed by atoms with van der Waals surface area (Å²) in [6, 6.07) is 11.5. The van der Waals surface area contributed by atoms with Crippen molar-refractivity contribution in [2.24, 2.45) is 0 Å². The molecule has 5 heteroatoms. The van der Waals surface area contributed by atoms with Crippen LogP contribution in [0.5, 0.6) is 0 Å². The molecule has 1 aliphatic rings. The van der Waals surface area contributed by atoms with E-state index in [0.29, 0.717) is 35.1 Å². The highest BCUT2D eigenvalue weighted by Gasteiger charge is 2.35. The summed E-state index contributed by atoms with van der Waals surface area (Å²) in [5.74, 6) is -2.01. The minimum Gasteiger partial charge on any atom is -0.461 e. The number of furan rings is 1. The molecule has 1 aliphatic carbocycles. The van der Waals surface area contributed by atoms with Gasteiger partial charge in [-0.3, -0.25) is 4.98 Å². The van der Waals surface area contributed by atoms with E-state index in [2.05, 4.69) is 11.1 Å². The van der Waals surface area contributed by atoms with Gasteiger partial charge in [-0.1, -0.05) is 18.2 Å². The van der Waals surface area contributed by atoms with E-state index >= 15 is 0 Å². The van der Waals surface area contributed by atoms with E-state index in [1.54, 1.807) is 32.2 Å². The third kappa shape index (κ3) is 3.17. The van der Waals surface area contributed by atoms with Gasteiger partial charge in [0.1, 0.15) is 17.2 Å². The van der Waals surface area contributed by atoms with E-state index < -0.39 is 5.92 Å². The van der Waals surface area contributed by atoms with Crippen LogP contribution >= 0.6 is 0 Å². The summed E-state index contributed by atoms with van der Waals surface area (Å²) in [6.45, 7) is 3.54. The number of hydrogen-bond acceptors (Lipinski definition) is 2. The first-order chi connectivity index (χ1) is 14.3. The molecule has 2 aromatic carbocycles. The maximum absolute atomic E-state index is 14.6. The van der Waals surface area contributed by atoms with Crippen molar-refractivity contribution in [1.82, 2.24) is 4.98 Å². The minimum atomic E-state index is -2.53. The molecule has 4 aromatic rings. The van der Waals surface area contributed by atoms with Crippen molar-refractivity contribution in [1.29, 1.82) is 0 Å². The van der Waals surface area contributed by atoms with Gasteiger partial charge in [0.25, 0.3) is 0 Å². The third-order valence-electron chi connectivity index (χ3n) is 6.28. The molecule has 0 radical (unpaired) electrons. The summed E-state index contributed by atoms with van der Waals surface area (Å²) in [6.07, 6.45) is 2.63. The van der Waals surface area contributed by atoms with Crippen LogP contribution in [0.25, 0.3) is 33.0 Å². The lowest BCUT2D eigenvalue weighted by molar-refractivity contribution is -0.0382. The molecule has 0 spiro atoms. The molecule has 30 heavy (non-hydrogen) atoms. The van der Waals surface area contributed by atoms with Crippen LogP contribution in [-0.2, 0) is 0 Å². The Morgan fingerprint density at radius 1 is 1.00 bits per heavy atom. The summed E-state index contributed by atoms with van der Waals surface area (Å²) in [5, 5.41) is 2.39. The number of rotatable bonds is 2. The predicted molar refractivity (Wildman–Crippen MR) is 113 cm³/mol. The SMILES string of the molecule is Cc1cc2c(F)c(C)cc(-c3nccc4cc(C5CCC(F)(F)CC5)ccc34)c2o1. The lowest BCUT2D eigenvalue weighted by Gasteiger charge is -2.28. The Labute approximate surface area is 172 Å². The van der Waals surface area contributed by atoms with Gasteiger partial charge in [-0.15, -0.1) is 0 Å². The van der Waals surface area contributed by atoms with Gasteiger partial charge in [-0.2, -0.15) is 0 Å². The van der Waals surface area contributed by atoms with Crippen LogP contribution in [0.2, 0.25) is 0 Å². The zero-order valence-electron chi connectivity index (χ0n) is 16.9. The molecule has 0 bridgehead atoms. The van der Waals surface area contributed by atoms with E-state index in [0.717, 1.165) is 27.6 Å². The van der Waals surface area contributed by atoms with Crippen LogP contribution in [0.4, 0.5) is 13.2 Å². The number of pyridine rings is 1. The van der Waals surface area contributed by atoms with Crippen LogP contribution in [0, 0.1) is 19.7 Å². The molecule has 5 rings (SSSR count). The van der Waals surface area contributed by atoms with Crippen LogP contribution in [-0.4, -0.2) is 10.9 Å². The minimum absolute atomic E-state index is 0.0536. The van der Waals surface area contributed by atoms with Gasteiger partial charge in [-0.05, 0) is 67.3 Å². The number of fused-ring (bicyclic) bond motifs is 2. The maximum atomic E-state index is 14.6. The van der Waals surface area contributed by atoms with Crippen molar-refractivity contribution in [2.75, 3.05) is 0 Å². The van der Waals surface area contributed by atoms with Gasteiger partial charge >= 0.3 is 0 Å². The van der Waals surface area contributed by atoms with Crippen molar-refractivity contribution in [3.8, 4) is 11.3 Å². The fourth-order valence-corrected chi connectivity index (χ4v) is 4.65. The predicted octanol–water partition coefficient (Wildman–Crippen LogP) is 7.70. The molecule has 2 nitrogen and oxygen atoms in total. The van der Waals surface area contributed by atoms with Crippen LogP contribution in [0.15, 0.2) is 47.0 Å². The Morgan fingerprint density at radius 3 is 2.53 bits per heavy atom. The van der Waals surface area contributed by atoms with Crippen LogP contribution < -0.4 is 0 Å². The summed E-state index contributed by atoms with van der Waals surface area (Å²) >= 11 is 0. The van der Waals surface area contributed by atoms with Gasteiger partial charge in [0, 0.05) is 30.0 Å². The lowest BCUT2D eigenvalue weighted by Crippen LogP contribution is -2.23. The van der Waals surface area contributed by atoms with E-state index in [-0.39, 0.29) is 24.6 Å². The largest absolute Gasteiger partial charge is 0.461 e. The second-order valence-corrected chi connectivity index (χ2v) is 8.43.